The lowest BCUT2D eigenvalue weighted by Crippen LogP contribution is -2.32. The summed E-state index contributed by atoms with van der Waals surface area (Å²) in [6.45, 7) is 0.934. The van der Waals surface area contributed by atoms with Gasteiger partial charge in [0.05, 0.1) is 15.5 Å². The third kappa shape index (κ3) is 4.22. The number of hydrogen-bond acceptors (Lipinski definition) is 5. The smallest absolute Gasteiger partial charge is 0.261 e. The van der Waals surface area contributed by atoms with Gasteiger partial charge in [0.2, 0.25) is 10.0 Å². The molecule has 1 saturated heterocycles. The number of benzene rings is 1. The first kappa shape index (κ1) is 18.8. The Hall–Kier alpha value is -1.97. The zero-order valence-electron chi connectivity index (χ0n) is 14.2. The molecule has 1 N–H and O–H groups in total. The van der Waals surface area contributed by atoms with Crippen molar-refractivity contribution in [3.8, 4) is 0 Å². The lowest BCUT2D eigenvalue weighted by Gasteiger charge is -2.20. The Morgan fingerprint density at radius 3 is 2.12 bits per heavy atom. The number of nitrogens with zero attached hydrogens (tertiary/aromatic N) is 2. The molecule has 26 heavy (non-hydrogen) atoms. The maximum atomic E-state index is 12.9. The standard InChI is InChI=1S/C17H21N3O4S2/c21-25(22,19-15-8-10-18-11-9-15)16-6-5-7-17(14-16)26(23,24)20-12-3-1-2-4-13-20/h5-11,14H,1-4,12-13H2,(H,18,19). The Kier molecular flexibility index (Phi) is 5.59. The van der Waals surface area contributed by atoms with E-state index in [1.165, 1.54) is 53.1 Å². The van der Waals surface area contributed by atoms with E-state index >= 15 is 0 Å². The van der Waals surface area contributed by atoms with Crippen molar-refractivity contribution in [3.63, 3.8) is 0 Å². The van der Waals surface area contributed by atoms with E-state index in [1.54, 1.807) is 0 Å². The van der Waals surface area contributed by atoms with E-state index in [0.29, 0.717) is 18.8 Å². The molecule has 1 aliphatic rings. The third-order valence-corrected chi connectivity index (χ3v) is 7.52. The van der Waals surface area contributed by atoms with Crippen LogP contribution in [0.15, 0.2) is 58.6 Å². The SMILES string of the molecule is O=S(=O)(Nc1ccncc1)c1cccc(S(=O)(=O)N2CCCCCC2)c1. The molecule has 0 aliphatic carbocycles. The number of anilines is 1. The first-order valence-corrected chi connectivity index (χ1v) is 11.3. The van der Waals surface area contributed by atoms with Crippen LogP contribution in [0.3, 0.4) is 0 Å². The van der Waals surface area contributed by atoms with E-state index in [-0.39, 0.29) is 9.79 Å². The zero-order chi connectivity index (χ0) is 18.6. The second kappa shape index (κ2) is 7.73. The molecule has 1 aliphatic heterocycles. The Balaban J connectivity index is 1.90. The molecule has 0 amide bonds. The van der Waals surface area contributed by atoms with Crippen molar-refractivity contribution in [1.82, 2.24) is 9.29 Å². The molecule has 0 saturated carbocycles. The largest absolute Gasteiger partial charge is 0.280 e. The van der Waals surface area contributed by atoms with E-state index in [2.05, 4.69) is 9.71 Å². The number of nitrogens with one attached hydrogen (secondary N) is 1. The van der Waals surface area contributed by atoms with Gasteiger partial charge in [-0.15, -0.1) is 0 Å². The van der Waals surface area contributed by atoms with Crippen molar-refractivity contribution >= 4 is 25.7 Å². The Bertz CT molecular complexity index is 953. The summed E-state index contributed by atoms with van der Waals surface area (Å²) in [4.78, 5) is 3.74. The van der Waals surface area contributed by atoms with Crippen molar-refractivity contribution in [3.05, 3.63) is 48.8 Å². The fourth-order valence-corrected chi connectivity index (χ4v) is 5.61. The molecular weight excluding hydrogens is 374 g/mol. The summed E-state index contributed by atoms with van der Waals surface area (Å²) in [5, 5.41) is 0. The molecule has 7 nitrogen and oxygen atoms in total. The number of aromatic nitrogens is 1. The third-order valence-electron chi connectivity index (χ3n) is 4.25. The summed E-state index contributed by atoms with van der Waals surface area (Å²) >= 11 is 0. The van der Waals surface area contributed by atoms with Gasteiger partial charge in [0.25, 0.3) is 10.0 Å². The van der Waals surface area contributed by atoms with Gasteiger partial charge in [0, 0.05) is 25.5 Å². The molecule has 1 aromatic heterocycles. The summed E-state index contributed by atoms with van der Waals surface area (Å²) in [5.74, 6) is 0. The predicted molar refractivity (Wildman–Crippen MR) is 98.7 cm³/mol. The highest BCUT2D eigenvalue weighted by Gasteiger charge is 2.26. The molecule has 2 heterocycles. The van der Waals surface area contributed by atoms with E-state index in [0.717, 1.165) is 25.7 Å². The first-order chi connectivity index (χ1) is 12.4. The summed E-state index contributed by atoms with van der Waals surface area (Å²) in [6, 6.07) is 8.52. The van der Waals surface area contributed by atoms with Crippen LogP contribution in [0.2, 0.25) is 0 Å². The zero-order valence-corrected chi connectivity index (χ0v) is 15.8. The van der Waals surface area contributed by atoms with Crippen LogP contribution in [0, 0.1) is 0 Å². The molecule has 3 rings (SSSR count). The van der Waals surface area contributed by atoms with Gasteiger partial charge >= 0.3 is 0 Å². The molecule has 0 unspecified atom stereocenters. The second-order valence-corrected chi connectivity index (χ2v) is 9.75. The minimum atomic E-state index is -3.89. The summed E-state index contributed by atoms with van der Waals surface area (Å²) in [7, 11) is -7.60. The lowest BCUT2D eigenvalue weighted by atomic mass is 10.2. The minimum Gasteiger partial charge on any atom is -0.280 e. The molecule has 0 atom stereocenters. The Morgan fingerprint density at radius 1 is 0.846 bits per heavy atom. The quantitative estimate of drug-likeness (QED) is 0.839. The van der Waals surface area contributed by atoms with Crippen molar-refractivity contribution < 1.29 is 16.8 Å². The average Bonchev–Trinajstić information content (AvgIpc) is 2.92. The lowest BCUT2D eigenvalue weighted by molar-refractivity contribution is 0.423. The molecule has 0 radical (unpaired) electrons. The Labute approximate surface area is 154 Å². The van der Waals surface area contributed by atoms with Crippen LogP contribution in [0.25, 0.3) is 0 Å². The van der Waals surface area contributed by atoms with Gasteiger partial charge in [-0.05, 0) is 43.2 Å². The summed E-state index contributed by atoms with van der Waals surface area (Å²) in [5.41, 5.74) is 0.362. The number of sulfonamides is 2. The van der Waals surface area contributed by atoms with E-state index in [4.69, 9.17) is 0 Å². The van der Waals surface area contributed by atoms with E-state index in [9.17, 15) is 16.8 Å². The van der Waals surface area contributed by atoms with Crippen molar-refractivity contribution in [2.45, 2.75) is 35.5 Å². The Morgan fingerprint density at radius 2 is 1.46 bits per heavy atom. The van der Waals surface area contributed by atoms with Gasteiger partial charge in [0.15, 0.2) is 0 Å². The fourth-order valence-electron chi connectivity index (χ4n) is 2.87. The molecule has 1 aromatic carbocycles. The molecule has 1 fully saturated rings. The second-order valence-electron chi connectivity index (χ2n) is 6.13. The van der Waals surface area contributed by atoms with Crippen molar-refractivity contribution in [2.75, 3.05) is 17.8 Å². The number of pyridine rings is 1. The van der Waals surface area contributed by atoms with Gasteiger partial charge in [0.1, 0.15) is 0 Å². The van der Waals surface area contributed by atoms with Crippen LogP contribution >= 0.6 is 0 Å². The number of rotatable bonds is 5. The van der Waals surface area contributed by atoms with Gasteiger partial charge in [-0.2, -0.15) is 4.31 Å². The van der Waals surface area contributed by atoms with E-state index in [1.807, 2.05) is 0 Å². The topological polar surface area (TPSA) is 96.4 Å². The van der Waals surface area contributed by atoms with Gasteiger partial charge in [-0.25, -0.2) is 16.8 Å². The van der Waals surface area contributed by atoms with Crippen LogP contribution in [0.1, 0.15) is 25.7 Å². The summed E-state index contributed by atoms with van der Waals surface area (Å²) in [6.07, 6.45) is 6.60. The molecule has 0 spiro atoms. The fraction of sp³-hybridized carbons (Fsp3) is 0.353. The van der Waals surface area contributed by atoms with E-state index < -0.39 is 20.0 Å². The monoisotopic (exact) mass is 395 g/mol. The van der Waals surface area contributed by atoms with Gasteiger partial charge < -0.3 is 0 Å². The predicted octanol–water partition coefficient (Wildman–Crippen LogP) is 2.45. The number of hydrogen-bond donors (Lipinski definition) is 1. The maximum absolute atomic E-state index is 12.9. The van der Waals surface area contributed by atoms with Gasteiger partial charge in [-0.1, -0.05) is 18.9 Å². The van der Waals surface area contributed by atoms with Crippen LogP contribution in [0.4, 0.5) is 5.69 Å². The highest BCUT2D eigenvalue weighted by Crippen LogP contribution is 2.23. The molecule has 9 heteroatoms. The molecule has 2 aromatic rings. The van der Waals surface area contributed by atoms with Crippen LogP contribution in [0.5, 0.6) is 0 Å². The highest BCUT2D eigenvalue weighted by molar-refractivity contribution is 7.93. The maximum Gasteiger partial charge on any atom is 0.261 e. The minimum absolute atomic E-state index is 0.00277. The summed E-state index contributed by atoms with van der Waals surface area (Å²) < 4.78 is 54.8. The molecule has 0 bridgehead atoms. The first-order valence-electron chi connectivity index (χ1n) is 8.43. The average molecular weight is 396 g/mol. The normalized spacial score (nSPS) is 16.8. The highest BCUT2D eigenvalue weighted by atomic mass is 32.2. The molecular formula is C17H21N3O4S2. The van der Waals surface area contributed by atoms with Crippen LogP contribution < -0.4 is 4.72 Å². The van der Waals surface area contributed by atoms with Crippen LogP contribution in [-0.4, -0.2) is 39.2 Å². The van der Waals surface area contributed by atoms with Gasteiger partial charge in [-0.3, -0.25) is 9.71 Å². The van der Waals surface area contributed by atoms with Crippen LogP contribution in [-0.2, 0) is 20.0 Å². The van der Waals surface area contributed by atoms with Crippen molar-refractivity contribution in [1.29, 1.82) is 0 Å². The van der Waals surface area contributed by atoms with Crippen molar-refractivity contribution in [2.24, 2.45) is 0 Å². The molecule has 140 valence electrons.